The van der Waals surface area contributed by atoms with Gasteiger partial charge in [-0.3, -0.25) is 9.59 Å². The number of ether oxygens (including phenoxy) is 1. The lowest BCUT2D eigenvalue weighted by Crippen LogP contribution is -2.36. The molecule has 0 fully saturated rings. The van der Waals surface area contributed by atoms with Gasteiger partial charge in [0.05, 0.1) is 6.42 Å². The third kappa shape index (κ3) is 5.45. The highest BCUT2D eigenvalue weighted by molar-refractivity contribution is 5.92. The van der Waals surface area contributed by atoms with Crippen molar-refractivity contribution in [3.05, 3.63) is 59.2 Å². The number of rotatable bonds is 6. The first kappa shape index (κ1) is 18.7. The summed E-state index contributed by atoms with van der Waals surface area (Å²) in [4.78, 5) is 23.7. The van der Waals surface area contributed by atoms with Crippen LogP contribution >= 0.6 is 0 Å². The highest BCUT2D eigenvalue weighted by atomic mass is 16.5. The molecule has 4 nitrogen and oxygen atoms in total. The lowest BCUT2D eigenvalue weighted by Gasteiger charge is -2.23. The molecule has 0 aliphatic rings. The Labute approximate surface area is 149 Å². The SMILES string of the molecule is CC(=O)C(C)(C)Oc1ccc(CC(=O)Nc2cc(C)cc(C)c2)cc1. The molecule has 0 saturated carbocycles. The smallest absolute Gasteiger partial charge is 0.228 e. The van der Waals surface area contributed by atoms with Gasteiger partial charge in [-0.2, -0.15) is 0 Å². The fraction of sp³-hybridized carbons (Fsp3) is 0.333. The van der Waals surface area contributed by atoms with E-state index in [1.54, 1.807) is 26.0 Å². The normalized spacial score (nSPS) is 11.1. The number of carbonyl (C=O) groups is 2. The number of aryl methyl sites for hydroxylation is 2. The minimum atomic E-state index is -0.859. The third-order valence-electron chi connectivity index (χ3n) is 4.01. The molecule has 2 aromatic carbocycles. The molecule has 1 amide bonds. The number of hydrogen-bond acceptors (Lipinski definition) is 3. The second kappa shape index (κ2) is 7.51. The summed E-state index contributed by atoms with van der Waals surface area (Å²) < 4.78 is 5.70. The Balaban J connectivity index is 1.98. The summed E-state index contributed by atoms with van der Waals surface area (Å²) in [6.07, 6.45) is 0.281. The second-order valence-electron chi connectivity index (χ2n) is 6.91. The zero-order valence-electron chi connectivity index (χ0n) is 15.5. The van der Waals surface area contributed by atoms with Crippen molar-refractivity contribution in [1.29, 1.82) is 0 Å². The molecule has 1 N–H and O–H groups in total. The Morgan fingerprint density at radius 1 is 1.00 bits per heavy atom. The average molecular weight is 339 g/mol. The maximum absolute atomic E-state index is 12.2. The highest BCUT2D eigenvalue weighted by Crippen LogP contribution is 2.20. The molecule has 4 heteroatoms. The van der Waals surface area contributed by atoms with E-state index in [0.717, 1.165) is 22.4 Å². The molecule has 0 bridgehead atoms. The molecule has 0 aromatic heterocycles. The van der Waals surface area contributed by atoms with Crippen molar-refractivity contribution in [2.45, 2.75) is 46.6 Å². The molecule has 0 aliphatic carbocycles. The van der Waals surface area contributed by atoms with Crippen molar-refractivity contribution in [2.75, 3.05) is 5.32 Å². The first-order valence-electron chi connectivity index (χ1n) is 8.33. The largest absolute Gasteiger partial charge is 0.480 e. The van der Waals surface area contributed by atoms with Crippen LogP contribution in [0.3, 0.4) is 0 Å². The minimum Gasteiger partial charge on any atom is -0.480 e. The van der Waals surface area contributed by atoms with Crippen molar-refractivity contribution in [3.63, 3.8) is 0 Å². The van der Waals surface area contributed by atoms with Crippen LogP contribution in [0.5, 0.6) is 5.75 Å². The summed E-state index contributed by atoms with van der Waals surface area (Å²) in [5.41, 5.74) is 3.07. The Bertz CT molecular complexity index is 756. The molecule has 2 aromatic rings. The van der Waals surface area contributed by atoms with Gasteiger partial charge in [0, 0.05) is 5.69 Å². The van der Waals surface area contributed by atoms with Gasteiger partial charge in [0.25, 0.3) is 0 Å². The van der Waals surface area contributed by atoms with Gasteiger partial charge >= 0.3 is 0 Å². The summed E-state index contributed by atoms with van der Waals surface area (Å²) in [5, 5.41) is 2.93. The molecule has 132 valence electrons. The molecule has 2 rings (SSSR count). The fourth-order valence-corrected chi connectivity index (χ4v) is 2.48. The van der Waals surface area contributed by atoms with Crippen LogP contribution in [-0.4, -0.2) is 17.3 Å². The number of anilines is 1. The van der Waals surface area contributed by atoms with E-state index in [1.807, 2.05) is 38.1 Å². The molecule has 0 radical (unpaired) electrons. The van der Waals surface area contributed by atoms with Crippen molar-refractivity contribution in [1.82, 2.24) is 0 Å². The second-order valence-corrected chi connectivity index (χ2v) is 6.91. The maximum Gasteiger partial charge on any atom is 0.228 e. The lowest BCUT2D eigenvalue weighted by atomic mass is 10.1. The maximum atomic E-state index is 12.2. The van der Waals surface area contributed by atoms with E-state index < -0.39 is 5.60 Å². The van der Waals surface area contributed by atoms with E-state index in [1.165, 1.54) is 6.92 Å². The van der Waals surface area contributed by atoms with E-state index in [0.29, 0.717) is 5.75 Å². The third-order valence-corrected chi connectivity index (χ3v) is 4.01. The summed E-state index contributed by atoms with van der Waals surface area (Å²) >= 11 is 0. The van der Waals surface area contributed by atoms with Crippen molar-refractivity contribution in [2.24, 2.45) is 0 Å². The summed E-state index contributed by atoms with van der Waals surface area (Å²) in [7, 11) is 0. The lowest BCUT2D eigenvalue weighted by molar-refractivity contribution is -0.129. The van der Waals surface area contributed by atoms with Crippen LogP contribution in [-0.2, 0) is 16.0 Å². The van der Waals surface area contributed by atoms with E-state index >= 15 is 0 Å². The first-order chi connectivity index (χ1) is 11.7. The topological polar surface area (TPSA) is 55.4 Å². The van der Waals surface area contributed by atoms with Crippen LogP contribution in [0.2, 0.25) is 0 Å². The van der Waals surface area contributed by atoms with Gasteiger partial charge < -0.3 is 10.1 Å². The van der Waals surface area contributed by atoms with Crippen LogP contribution < -0.4 is 10.1 Å². The van der Waals surface area contributed by atoms with Gasteiger partial charge in [0.2, 0.25) is 5.91 Å². The number of Topliss-reactive ketones (excluding diaryl/α,β-unsaturated/α-hetero) is 1. The van der Waals surface area contributed by atoms with E-state index in [4.69, 9.17) is 4.74 Å². The summed E-state index contributed by atoms with van der Waals surface area (Å²) in [5.74, 6) is 0.505. The monoisotopic (exact) mass is 339 g/mol. The van der Waals surface area contributed by atoms with Crippen LogP contribution in [0.4, 0.5) is 5.69 Å². The molecule has 0 unspecified atom stereocenters. The first-order valence-corrected chi connectivity index (χ1v) is 8.33. The molecule has 0 saturated heterocycles. The van der Waals surface area contributed by atoms with Gasteiger partial charge in [-0.15, -0.1) is 0 Å². The van der Waals surface area contributed by atoms with Crippen LogP contribution in [0.25, 0.3) is 0 Å². The quantitative estimate of drug-likeness (QED) is 0.857. The van der Waals surface area contributed by atoms with Gasteiger partial charge in [-0.05, 0) is 75.6 Å². The fourth-order valence-electron chi connectivity index (χ4n) is 2.48. The van der Waals surface area contributed by atoms with E-state index in [2.05, 4.69) is 11.4 Å². The predicted octanol–water partition coefficient (Wildman–Crippen LogP) is 4.23. The Hall–Kier alpha value is -2.62. The Morgan fingerprint density at radius 3 is 2.08 bits per heavy atom. The molecule has 0 spiro atoms. The van der Waals surface area contributed by atoms with Gasteiger partial charge in [0.15, 0.2) is 11.4 Å². The molecule has 25 heavy (non-hydrogen) atoms. The number of nitrogens with one attached hydrogen (secondary N) is 1. The summed E-state index contributed by atoms with van der Waals surface area (Å²) in [6.45, 7) is 8.99. The number of ketones is 1. The van der Waals surface area contributed by atoms with Crippen molar-refractivity contribution < 1.29 is 14.3 Å². The van der Waals surface area contributed by atoms with E-state index in [9.17, 15) is 9.59 Å². The molecular weight excluding hydrogens is 314 g/mol. The molecule has 0 aliphatic heterocycles. The summed E-state index contributed by atoms with van der Waals surface area (Å²) in [6, 6.07) is 13.2. The van der Waals surface area contributed by atoms with Crippen molar-refractivity contribution >= 4 is 17.4 Å². The number of benzene rings is 2. The number of amides is 1. The molecule has 0 heterocycles. The predicted molar refractivity (Wildman–Crippen MR) is 100 cm³/mol. The standard InChI is InChI=1S/C21H25NO3/c1-14-10-15(2)12-18(11-14)22-20(24)13-17-6-8-19(9-7-17)25-21(4,5)16(3)23/h6-12H,13H2,1-5H3,(H,22,24). The van der Waals surface area contributed by atoms with Gasteiger partial charge in [0.1, 0.15) is 5.75 Å². The average Bonchev–Trinajstić information content (AvgIpc) is 2.47. The molecular formula is C21H25NO3. The van der Waals surface area contributed by atoms with E-state index in [-0.39, 0.29) is 18.1 Å². The van der Waals surface area contributed by atoms with Gasteiger partial charge in [-0.1, -0.05) is 18.2 Å². The number of carbonyl (C=O) groups excluding carboxylic acids is 2. The van der Waals surface area contributed by atoms with Crippen LogP contribution in [0.15, 0.2) is 42.5 Å². The zero-order chi connectivity index (χ0) is 18.6. The number of hydrogen-bond donors (Lipinski definition) is 1. The van der Waals surface area contributed by atoms with Crippen LogP contribution in [0.1, 0.15) is 37.5 Å². The Kier molecular flexibility index (Phi) is 5.62. The Morgan fingerprint density at radius 2 is 1.56 bits per heavy atom. The van der Waals surface area contributed by atoms with Gasteiger partial charge in [-0.25, -0.2) is 0 Å². The minimum absolute atomic E-state index is 0.0376. The highest BCUT2D eigenvalue weighted by Gasteiger charge is 2.25. The molecule has 0 atom stereocenters. The van der Waals surface area contributed by atoms with Crippen LogP contribution in [0, 0.1) is 13.8 Å². The van der Waals surface area contributed by atoms with Crippen molar-refractivity contribution in [3.8, 4) is 5.75 Å². The zero-order valence-corrected chi connectivity index (χ0v) is 15.5.